The van der Waals surface area contributed by atoms with E-state index in [1.165, 1.54) is 22.0 Å². The van der Waals surface area contributed by atoms with Gasteiger partial charge in [-0.2, -0.15) is 0 Å². The fraction of sp³-hybridized carbons (Fsp3) is 0.444. The summed E-state index contributed by atoms with van der Waals surface area (Å²) in [5.41, 5.74) is 2.09. The van der Waals surface area contributed by atoms with Crippen LogP contribution in [0.25, 0.3) is 0 Å². The molecule has 0 spiro atoms. The number of carbonyl (C=O) groups excluding carboxylic acids is 1. The SMILES string of the molecule is Cc1ccccc1C1(CNC(=O)Cn2cc(C(=O)O)nn2)CCOCC1. The molecule has 1 aromatic carbocycles. The van der Waals surface area contributed by atoms with Gasteiger partial charge >= 0.3 is 5.97 Å². The maximum absolute atomic E-state index is 12.3. The lowest BCUT2D eigenvalue weighted by molar-refractivity contribution is -0.122. The Balaban J connectivity index is 1.69. The van der Waals surface area contributed by atoms with Crippen LogP contribution in [0.1, 0.15) is 34.5 Å². The van der Waals surface area contributed by atoms with E-state index >= 15 is 0 Å². The second-order valence-electron chi connectivity index (χ2n) is 6.59. The number of carboxylic acid groups (broad SMARTS) is 1. The molecule has 1 amide bonds. The van der Waals surface area contributed by atoms with E-state index in [0.717, 1.165) is 12.8 Å². The summed E-state index contributed by atoms with van der Waals surface area (Å²) < 4.78 is 6.75. The van der Waals surface area contributed by atoms with Crippen molar-refractivity contribution >= 4 is 11.9 Å². The van der Waals surface area contributed by atoms with Crippen LogP contribution in [0.4, 0.5) is 0 Å². The fourth-order valence-electron chi connectivity index (χ4n) is 3.42. The third-order valence-electron chi connectivity index (χ3n) is 4.85. The largest absolute Gasteiger partial charge is 0.476 e. The van der Waals surface area contributed by atoms with E-state index in [1.54, 1.807) is 0 Å². The van der Waals surface area contributed by atoms with Crippen LogP contribution in [0.5, 0.6) is 0 Å². The number of aryl methyl sites for hydroxylation is 1. The molecule has 1 aliphatic rings. The van der Waals surface area contributed by atoms with Gasteiger partial charge < -0.3 is 15.2 Å². The molecule has 8 nitrogen and oxygen atoms in total. The molecule has 1 fully saturated rings. The molecule has 0 unspecified atom stereocenters. The highest BCUT2D eigenvalue weighted by atomic mass is 16.5. The summed E-state index contributed by atoms with van der Waals surface area (Å²) in [6.45, 7) is 3.84. The van der Waals surface area contributed by atoms with Gasteiger partial charge in [0.05, 0.1) is 6.20 Å². The second kappa shape index (κ2) is 7.65. The molecule has 1 aromatic heterocycles. The van der Waals surface area contributed by atoms with Gasteiger partial charge in [-0.15, -0.1) is 5.10 Å². The van der Waals surface area contributed by atoms with Crippen LogP contribution in [0.3, 0.4) is 0 Å². The Morgan fingerprint density at radius 2 is 2.04 bits per heavy atom. The monoisotopic (exact) mass is 358 g/mol. The number of carboxylic acids is 1. The summed E-state index contributed by atoms with van der Waals surface area (Å²) in [4.78, 5) is 23.1. The summed E-state index contributed by atoms with van der Waals surface area (Å²) in [5, 5.41) is 19.0. The van der Waals surface area contributed by atoms with Crippen molar-refractivity contribution in [2.45, 2.75) is 31.7 Å². The lowest BCUT2D eigenvalue weighted by atomic mass is 9.72. The smallest absolute Gasteiger partial charge is 0.358 e. The molecule has 138 valence electrons. The topological polar surface area (TPSA) is 106 Å². The van der Waals surface area contributed by atoms with Crippen molar-refractivity contribution < 1.29 is 19.4 Å². The summed E-state index contributed by atoms with van der Waals surface area (Å²) >= 11 is 0. The quantitative estimate of drug-likeness (QED) is 0.802. The molecule has 2 aromatic rings. The van der Waals surface area contributed by atoms with Gasteiger partial charge in [-0.05, 0) is 30.9 Å². The predicted molar refractivity (Wildman–Crippen MR) is 92.9 cm³/mol. The van der Waals surface area contributed by atoms with Crippen molar-refractivity contribution in [2.75, 3.05) is 19.8 Å². The maximum atomic E-state index is 12.3. The minimum Gasteiger partial charge on any atom is -0.476 e. The molecule has 8 heteroatoms. The molecule has 2 heterocycles. The van der Waals surface area contributed by atoms with E-state index in [1.807, 2.05) is 12.1 Å². The minimum atomic E-state index is -1.17. The number of amides is 1. The zero-order chi connectivity index (χ0) is 18.6. The fourth-order valence-corrected chi connectivity index (χ4v) is 3.42. The Bertz CT molecular complexity index is 796. The van der Waals surface area contributed by atoms with Crippen LogP contribution in [-0.2, 0) is 21.5 Å². The number of nitrogens with zero attached hydrogens (tertiary/aromatic N) is 3. The van der Waals surface area contributed by atoms with Crippen LogP contribution < -0.4 is 5.32 Å². The average Bonchev–Trinajstić information content (AvgIpc) is 3.10. The van der Waals surface area contributed by atoms with Crippen molar-refractivity contribution in [3.63, 3.8) is 0 Å². The van der Waals surface area contributed by atoms with E-state index in [2.05, 4.69) is 34.7 Å². The van der Waals surface area contributed by atoms with Crippen LogP contribution in [-0.4, -0.2) is 51.7 Å². The molecule has 26 heavy (non-hydrogen) atoms. The number of aromatic nitrogens is 3. The summed E-state index contributed by atoms with van der Waals surface area (Å²) in [5.74, 6) is -1.40. The molecular formula is C18H22N4O4. The highest BCUT2D eigenvalue weighted by Gasteiger charge is 2.35. The van der Waals surface area contributed by atoms with Gasteiger partial charge in [-0.1, -0.05) is 29.5 Å². The van der Waals surface area contributed by atoms with Crippen LogP contribution in [0.2, 0.25) is 0 Å². The van der Waals surface area contributed by atoms with Crippen molar-refractivity contribution in [2.24, 2.45) is 0 Å². The Kier molecular flexibility index (Phi) is 5.32. The molecule has 2 N–H and O–H groups in total. The number of nitrogens with one attached hydrogen (secondary N) is 1. The summed E-state index contributed by atoms with van der Waals surface area (Å²) in [6, 6.07) is 8.22. The van der Waals surface area contributed by atoms with E-state index < -0.39 is 5.97 Å². The van der Waals surface area contributed by atoms with Crippen molar-refractivity contribution in [3.05, 3.63) is 47.3 Å². The number of carbonyl (C=O) groups is 2. The Labute approximate surface area is 151 Å². The molecular weight excluding hydrogens is 336 g/mol. The molecule has 1 saturated heterocycles. The number of hydrogen-bond donors (Lipinski definition) is 2. The Hall–Kier alpha value is -2.74. The lowest BCUT2D eigenvalue weighted by Gasteiger charge is -2.39. The lowest BCUT2D eigenvalue weighted by Crippen LogP contribution is -2.45. The Morgan fingerprint density at radius 1 is 1.31 bits per heavy atom. The zero-order valence-corrected chi connectivity index (χ0v) is 14.6. The van der Waals surface area contributed by atoms with Gasteiger partial charge in [-0.3, -0.25) is 4.79 Å². The molecule has 0 aliphatic carbocycles. The number of ether oxygens (including phenoxy) is 1. The van der Waals surface area contributed by atoms with Gasteiger partial charge in [0.15, 0.2) is 5.69 Å². The molecule has 0 radical (unpaired) electrons. The third-order valence-corrected chi connectivity index (χ3v) is 4.85. The molecule has 1 aliphatic heterocycles. The first kappa shape index (κ1) is 18.1. The van der Waals surface area contributed by atoms with Gasteiger partial charge in [0.2, 0.25) is 5.91 Å². The van der Waals surface area contributed by atoms with Gasteiger partial charge in [0.1, 0.15) is 6.54 Å². The maximum Gasteiger partial charge on any atom is 0.358 e. The molecule has 0 saturated carbocycles. The van der Waals surface area contributed by atoms with Crippen LogP contribution >= 0.6 is 0 Å². The van der Waals surface area contributed by atoms with Crippen molar-refractivity contribution in [1.29, 1.82) is 0 Å². The van der Waals surface area contributed by atoms with E-state index in [0.29, 0.717) is 19.8 Å². The summed E-state index contributed by atoms with van der Waals surface area (Å²) in [6.07, 6.45) is 2.92. The van der Waals surface area contributed by atoms with Crippen LogP contribution in [0.15, 0.2) is 30.5 Å². The first-order valence-electron chi connectivity index (χ1n) is 8.54. The molecule has 0 bridgehead atoms. The van der Waals surface area contributed by atoms with E-state index in [9.17, 15) is 9.59 Å². The standard InChI is InChI=1S/C18H22N4O4/c1-13-4-2-3-5-14(13)18(6-8-26-9-7-18)12-19-16(23)11-22-10-15(17(24)25)20-21-22/h2-5,10H,6-9,11-12H2,1H3,(H,19,23)(H,24,25). The average molecular weight is 358 g/mol. The van der Waals surface area contributed by atoms with Crippen molar-refractivity contribution in [1.82, 2.24) is 20.3 Å². The van der Waals surface area contributed by atoms with E-state index in [4.69, 9.17) is 9.84 Å². The Morgan fingerprint density at radius 3 is 2.69 bits per heavy atom. The number of aromatic carboxylic acids is 1. The van der Waals surface area contributed by atoms with Crippen molar-refractivity contribution in [3.8, 4) is 0 Å². The zero-order valence-electron chi connectivity index (χ0n) is 14.6. The minimum absolute atomic E-state index is 0.0688. The number of benzene rings is 1. The molecule has 3 rings (SSSR count). The third kappa shape index (κ3) is 3.91. The first-order valence-corrected chi connectivity index (χ1v) is 8.54. The van der Waals surface area contributed by atoms with Gasteiger partial charge in [0.25, 0.3) is 0 Å². The first-order chi connectivity index (χ1) is 12.5. The van der Waals surface area contributed by atoms with Crippen LogP contribution in [0, 0.1) is 6.92 Å². The van der Waals surface area contributed by atoms with E-state index in [-0.39, 0.29) is 23.6 Å². The molecule has 0 atom stereocenters. The highest BCUT2D eigenvalue weighted by Crippen LogP contribution is 2.36. The second-order valence-corrected chi connectivity index (χ2v) is 6.59. The highest BCUT2D eigenvalue weighted by molar-refractivity contribution is 5.84. The summed E-state index contributed by atoms with van der Waals surface area (Å²) in [7, 11) is 0. The predicted octanol–water partition coefficient (Wildman–Crippen LogP) is 1.15. The normalized spacial score (nSPS) is 16.2. The van der Waals surface area contributed by atoms with Gasteiger partial charge in [0, 0.05) is 25.2 Å². The van der Waals surface area contributed by atoms with Gasteiger partial charge in [-0.25, -0.2) is 9.48 Å². The number of hydrogen-bond acceptors (Lipinski definition) is 5. The number of rotatable bonds is 6.